The third kappa shape index (κ3) is 2.39. The molecule has 142 valence electrons. The lowest BCUT2D eigenvalue weighted by atomic mass is 9.54. The molecule has 0 bridgehead atoms. The summed E-state index contributed by atoms with van der Waals surface area (Å²) in [7, 11) is 3.40. The van der Waals surface area contributed by atoms with Gasteiger partial charge in [0.2, 0.25) is 0 Å². The van der Waals surface area contributed by atoms with Crippen LogP contribution in [0.4, 0.5) is 0 Å². The van der Waals surface area contributed by atoms with Crippen LogP contribution in [0.15, 0.2) is 23.8 Å². The van der Waals surface area contributed by atoms with E-state index in [0.717, 1.165) is 23.7 Å². The second kappa shape index (κ2) is 5.94. The van der Waals surface area contributed by atoms with Crippen molar-refractivity contribution >= 4 is 0 Å². The molecule has 1 saturated carbocycles. The summed E-state index contributed by atoms with van der Waals surface area (Å²) in [6, 6.07) is 4.19. The molecule has 1 aromatic carbocycles. The molecule has 3 nitrogen and oxygen atoms in total. The van der Waals surface area contributed by atoms with Gasteiger partial charge in [-0.15, -0.1) is 0 Å². The molecule has 4 atom stereocenters. The van der Waals surface area contributed by atoms with Gasteiger partial charge < -0.3 is 14.2 Å². The average Bonchev–Trinajstić information content (AvgIpc) is 2.93. The minimum atomic E-state index is 0.141. The van der Waals surface area contributed by atoms with Crippen LogP contribution in [0.25, 0.3) is 0 Å². The lowest BCUT2D eigenvalue weighted by molar-refractivity contribution is 0.0781. The standard InChI is InChI=1S/C23H32O3/c1-14-8-9-19-22(2,3)10-7-11-23(19,4)20-15-12-17(24-5)18(25-6)13-16(15)26-21(14)20/h9,12-14,20-21H,7-8,10-11H2,1-6H3/t14-,20+,21+,23+/m0/s1. The number of allylic oxidation sites excluding steroid dienone is 2. The number of hydrogen-bond acceptors (Lipinski definition) is 3. The molecule has 0 saturated heterocycles. The molecular weight excluding hydrogens is 324 g/mol. The van der Waals surface area contributed by atoms with Gasteiger partial charge in [0, 0.05) is 17.5 Å². The fraction of sp³-hybridized carbons (Fsp3) is 0.652. The molecular formula is C23H32O3. The van der Waals surface area contributed by atoms with Crippen LogP contribution in [0, 0.1) is 16.7 Å². The Balaban J connectivity index is 1.89. The predicted octanol–water partition coefficient (Wildman–Crippen LogP) is 5.73. The van der Waals surface area contributed by atoms with Crippen molar-refractivity contribution in [1.29, 1.82) is 0 Å². The van der Waals surface area contributed by atoms with Crippen LogP contribution in [0.2, 0.25) is 0 Å². The zero-order valence-corrected chi connectivity index (χ0v) is 17.0. The number of methoxy groups -OCH3 is 2. The average molecular weight is 357 g/mol. The molecule has 4 rings (SSSR count). The van der Waals surface area contributed by atoms with Gasteiger partial charge in [-0.2, -0.15) is 0 Å². The third-order valence-corrected chi connectivity index (χ3v) is 7.23. The minimum Gasteiger partial charge on any atom is -0.493 e. The summed E-state index contributed by atoms with van der Waals surface area (Å²) in [5.41, 5.74) is 3.34. The van der Waals surface area contributed by atoms with E-state index in [0.29, 0.717) is 11.8 Å². The van der Waals surface area contributed by atoms with Crippen molar-refractivity contribution in [2.45, 2.75) is 65.4 Å². The summed E-state index contributed by atoms with van der Waals surface area (Å²) < 4.78 is 17.7. The lowest BCUT2D eigenvalue weighted by Gasteiger charge is -2.49. The molecule has 26 heavy (non-hydrogen) atoms. The van der Waals surface area contributed by atoms with E-state index < -0.39 is 0 Å². The Bertz CT molecular complexity index is 748. The number of rotatable bonds is 2. The number of benzene rings is 1. The van der Waals surface area contributed by atoms with Gasteiger partial charge >= 0.3 is 0 Å². The van der Waals surface area contributed by atoms with E-state index in [2.05, 4.69) is 39.8 Å². The fourth-order valence-electron chi connectivity index (χ4n) is 5.97. The van der Waals surface area contributed by atoms with E-state index in [1.165, 1.54) is 24.8 Å². The van der Waals surface area contributed by atoms with Crippen molar-refractivity contribution in [2.24, 2.45) is 16.7 Å². The summed E-state index contributed by atoms with van der Waals surface area (Å²) in [6.45, 7) is 9.66. The number of fused-ring (bicyclic) bond motifs is 5. The Labute approximate surface area is 157 Å². The Kier molecular flexibility index (Phi) is 4.05. The third-order valence-electron chi connectivity index (χ3n) is 7.23. The largest absolute Gasteiger partial charge is 0.493 e. The van der Waals surface area contributed by atoms with Crippen LogP contribution >= 0.6 is 0 Å². The molecule has 1 fully saturated rings. The minimum absolute atomic E-state index is 0.141. The zero-order valence-electron chi connectivity index (χ0n) is 17.0. The maximum atomic E-state index is 6.56. The first-order valence-corrected chi connectivity index (χ1v) is 9.95. The highest BCUT2D eigenvalue weighted by molar-refractivity contribution is 5.56. The molecule has 3 heteroatoms. The summed E-state index contributed by atoms with van der Waals surface area (Å²) in [5, 5.41) is 0. The quantitative estimate of drug-likeness (QED) is 0.633. The van der Waals surface area contributed by atoms with Gasteiger partial charge in [0.05, 0.1) is 14.2 Å². The van der Waals surface area contributed by atoms with E-state index in [-0.39, 0.29) is 16.9 Å². The second-order valence-electron chi connectivity index (χ2n) is 9.29. The van der Waals surface area contributed by atoms with Crippen LogP contribution in [0.1, 0.15) is 64.9 Å². The Morgan fingerprint density at radius 3 is 2.42 bits per heavy atom. The second-order valence-corrected chi connectivity index (χ2v) is 9.29. The van der Waals surface area contributed by atoms with E-state index in [4.69, 9.17) is 14.2 Å². The summed E-state index contributed by atoms with van der Waals surface area (Å²) >= 11 is 0. The molecule has 0 N–H and O–H groups in total. The molecule has 0 unspecified atom stereocenters. The first-order valence-electron chi connectivity index (χ1n) is 9.95. The van der Waals surface area contributed by atoms with Gasteiger partial charge in [-0.25, -0.2) is 0 Å². The Morgan fingerprint density at radius 2 is 1.73 bits per heavy atom. The van der Waals surface area contributed by atoms with Crippen LogP contribution < -0.4 is 14.2 Å². The van der Waals surface area contributed by atoms with Crippen LogP contribution in [0.3, 0.4) is 0 Å². The highest BCUT2D eigenvalue weighted by Gasteiger charge is 2.55. The Hall–Kier alpha value is -1.64. The van der Waals surface area contributed by atoms with Crippen molar-refractivity contribution in [3.63, 3.8) is 0 Å². The topological polar surface area (TPSA) is 27.7 Å². The lowest BCUT2D eigenvalue weighted by Crippen LogP contribution is -2.42. The van der Waals surface area contributed by atoms with Crippen molar-refractivity contribution in [2.75, 3.05) is 14.2 Å². The highest BCUT2D eigenvalue weighted by atomic mass is 16.5. The monoisotopic (exact) mass is 356 g/mol. The molecule has 1 aromatic rings. The summed E-state index contributed by atoms with van der Waals surface area (Å²) in [6.07, 6.45) is 7.65. The van der Waals surface area contributed by atoms with E-state index >= 15 is 0 Å². The van der Waals surface area contributed by atoms with Crippen molar-refractivity contribution < 1.29 is 14.2 Å². The predicted molar refractivity (Wildman–Crippen MR) is 104 cm³/mol. The Morgan fingerprint density at radius 1 is 1.04 bits per heavy atom. The van der Waals surface area contributed by atoms with Gasteiger partial charge in [-0.3, -0.25) is 0 Å². The highest BCUT2D eigenvalue weighted by Crippen LogP contribution is 2.64. The van der Waals surface area contributed by atoms with Gasteiger partial charge in [-0.1, -0.05) is 45.8 Å². The molecule has 0 aromatic heterocycles. The van der Waals surface area contributed by atoms with Crippen molar-refractivity contribution in [3.8, 4) is 17.2 Å². The molecule has 0 radical (unpaired) electrons. The van der Waals surface area contributed by atoms with Crippen molar-refractivity contribution in [3.05, 3.63) is 29.3 Å². The van der Waals surface area contributed by atoms with E-state index in [9.17, 15) is 0 Å². The molecule has 3 aliphatic rings. The van der Waals surface area contributed by atoms with Crippen molar-refractivity contribution in [1.82, 2.24) is 0 Å². The maximum Gasteiger partial charge on any atom is 0.164 e. The maximum absolute atomic E-state index is 6.56. The normalized spacial score (nSPS) is 34.5. The molecule has 1 heterocycles. The first kappa shape index (κ1) is 17.8. The van der Waals surface area contributed by atoms with Gasteiger partial charge in [0.15, 0.2) is 11.5 Å². The smallest absolute Gasteiger partial charge is 0.164 e. The first-order chi connectivity index (χ1) is 12.3. The SMILES string of the molecule is COc1cc2c(cc1OC)[C@@H]1[C@H](O2)[C@@H](C)CC=C2C(C)(C)CCC[C@]21C. The molecule has 0 spiro atoms. The zero-order chi connectivity index (χ0) is 18.7. The van der Waals surface area contributed by atoms with Gasteiger partial charge in [0.1, 0.15) is 11.9 Å². The molecule has 2 aliphatic carbocycles. The van der Waals surface area contributed by atoms with Crippen LogP contribution in [-0.2, 0) is 0 Å². The van der Waals surface area contributed by atoms with Gasteiger partial charge in [0.25, 0.3) is 0 Å². The number of hydrogen-bond donors (Lipinski definition) is 0. The molecule has 1 aliphatic heterocycles. The van der Waals surface area contributed by atoms with E-state index in [1.807, 2.05) is 6.07 Å². The molecule has 0 amide bonds. The fourth-order valence-corrected chi connectivity index (χ4v) is 5.97. The van der Waals surface area contributed by atoms with Crippen LogP contribution in [-0.4, -0.2) is 20.3 Å². The summed E-state index contributed by atoms with van der Waals surface area (Å²) in [5.74, 6) is 3.41. The summed E-state index contributed by atoms with van der Waals surface area (Å²) in [4.78, 5) is 0. The van der Waals surface area contributed by atoms with E-state index in [1.54, 1.807) is 19.8 Å². The van der Waals surface area contributed by atoms with Gasteiger partial charge in [-0.05, 0) is 42.1 Å². The number of ether oxygens (including phenoxy) is 3. The van der Waals surface area contributed by atoms with Crippen LogP contribution in [0.5, 0.6) is 17.2 Å².